The van der Waals surface area contributed by atoms with Crippen molar-refractivity contribution >= 4 is 44.9 Å². The Morgan fingerprint density at radius 2 is 1.93 bits per heavy atom. The van der Waals surface area contributed by atoms with Crippen molar-refractivity contribution < 1.29 is 23.1 Å². The monoisotopic (exact) mass is 453 g/mol. The number of rotatable bonds is 8. The van der Waals surface area contributed by atoms with Gasteiger partial charge in [-0.15, -0.1) is 0 Å². The molecule has 0 spiro atoms. The molecule has 1 aliphatic rings. The molecule has 1 fully saturated rings. The van der Waals surface area contributed by atoms with Gasteiger partial charge in [-0.1, -0.05) is 23.2 Å². The summed E-state index contributed by atoms with van der Waals surface area (Å²) in [5.74, 6) is 0.0245. The summed E-state index contributed by atoms with van der Waals surface area (Å²) in [4.78, 5) is 12.2. The van der Waals surface area contributed by atoms with Gasteiger partial charge in [0.15, 0.2) is 0 Å². The van der Waals surface area contributed by atoms with Gasteiger partial charge in [0.2, 0.25) is 10.0 Å². The van der Waals surface area contributed by atoms with E-state index in [0.29, 0.717) is 35.0 Å². The SMILES string of the molecule is CCS(=O)(=O)NCC[C@@H]1CC[C@@H](NC(=O)Nc2cc(Cl)cc(Cl)c2)[C@H](CO)O1. The van der Waals surface area contributed by atoms with E-state index in [1.807, 2.05) is 0 Å². The number of urea groups is 1. The second-order valence-corrected chi connectivity index (χ2v) is 9.47. The van der Waals surface area contributed by atoms with Gasteiger partial charge in [-0.25, -0.2) is 17.9 Å². The summed E-state index contributed by atoms with van der Waals surface area (Å²) in [5, 5.41) is 15.8. The fourth-order valence-corrected chi connectivity index (χ4v) is 4.11. The van der Waals surface area contributed by atoms with Crippen LogP contribution < -0.4 is 15.4 Å². The molecule has 1 aliphatic heterocycles. The topological polar surface area (TPSA) is 117 Å². The van der Waals surface area contributed by atoms with Gasteiger partial charge in [-0.2, -0.15) is 0 Å². The minimum atomic E-state index is -3.24. The van der Waals surface area contributed by atoms with Crippen LogP contribution >= 0.6 is 23.2 Å². The average Bonchev–Trinajstić information content (AvgIpc) is 2.61. The first kappa shape index (κ1) is 23.2. The van der Waals surface area contributed by atoms with Gasteiger partial charge in [0.25, 0.3) is 0 Å². The van der Waals surface area contributed by atoms with Crippen LogP contribution in [0.25, 0.3) is 0 Å². The molecule has 4 N–H and O–H groups in total. The van der Waals surface area contributed by atoms with Crippen molar-refractivity contribution in [1.29, 1.82) is 0 Å². The van der Waals surface area contributed by atoms with E-state index in [-0.39, 0.29) is 31.1 Å². The van der Waals surface area contributed by atoms with Gasteiger partial charge in [0.1, 0.15) is 6.10 Å². The van der Waals surface area contributed by atoms with Crippen LogP contribution in [0.2, 0.25) is 10.0 Å². The average molecular weight is 454 g/mol. The first-order valence-corrected chi connectivity index (χ1v) is 11.4. The Hall–Kier alpha value is -1.10. The highest BCUT2D eigenvalue weighted by Gasteiger charge is 2.31. The lowest BCUT2D eigenvalue weighted by atomic mass is 9.97. The molecule has 8 nitrogen and oxygen atoms in total. The molecule has 1 saturated heterocycles. The minimum Gasteiger partial charge on any atom is -0.394 e. The molecule has 1 aromatic rings. The summed E-state index contributed by atoms with van der Waals surface area (Å²) in [5.41, 5.74) is 0.452. The molecule has 3 atom stereocenters. The van der Waals surface area contributed by atoms with Crippen LogP contribution in [0.3, 0.4) is 0 Å². The van der Waals surface area contributed by atoms with Crippen molar-refractivity contribution in [2.45, 2.75) is 44.4 Å². The number of carbonyl (C=O) groups excluding carboxylic acids is 1. The maximum Gasteiger partial charge on any atom is 0.319 e. The molecular formula is C17H25Cl2N3O5S. The molecule has 0 bridgehead atoms. The van der Waals surface area contributed by atoms with E-state index >= 15 is 0 Å². The number of carbonyl (C=O) groups is 1. The van der Waals surface area contributed by atoms with Gasteiger partial charge in [0.05, 0.1) is 24.5 Å². The summed E-state index contributed by atoms with van der Waals surface area (Å²) in [6.07, 6.45) is 0.966. The maximum absolute atomic E-state index is 12.2. The zero-order valence-electron chi connectivity index (χ0n) is 15.5. The van der Waals surface area contributed by atoms with Crippen LogP contribution in [0, 0.1) is 0 Å². The molecule has 1 heterocycles. The van der Waals surface area contributed by atoms with Crippen molar-refractivity contribution in [3.8, 4) is 0 Å². The molecule has 2 rings (SSSR count). The fourth-order valence-electron chi connectivity index (χ4n) is 2.95. The Bertz CT molecular complexity index is 758. The van der Waals surface area contributed by atoms with E-state index < -0.39 is 22.2 Å². The summed E-state index contributed by atoms with van der Waals surface area (Å²) in [7, 11) is -3.24. The van der Waals surface area contributed by atoms with Gasteiger partial charge in [-0.05, 0) is 44.4 Å². The number of hydrogen-bond acceptors (Lipinski definition) is 5. The number of sulfonamides is 1. The third kappa shape index (κ3) is 7.38. The van der Waals surface area contributed by atoms with Crippen molar-refractivity contribution in [3.63, 3.8) is 0 Å². The number of anilines is 1. The van der Waals surface area contributed by atoms with Crippen molar-refractivity contribution in [2.24, 2.45) is 0 Å². The van der Waals surface area contributed by atoms with Gasteiger partial charge in [-0.3, -0.25) is 0 Å². The molecule has 28 heavy (non-hydrogen) atoms. The first-order valence-electron chi connectivity index (χ1n) is 8.99. The molecule has 0 unspecified atom stereocenters. The molecule has 0 saturated carbocycles. The lowest BCUT2D eigenvalue weighted by molar-refractivity contribution is -0.0884. The first-order chi connectivity index (χ1) is 13.2. The second-order valence-electron chi connectivity index (χ2n) is 6.51. The Kier molecular flexibility index (Phi) is 8.79. The number of benzene rings is 1. The molecule has 1 aromatic carbocycles. The molecule has 0 aliphatic carbocycles. The number of ether oxygens (including phenoxy) is 1. The number of nitrogens with one attached hydrogen (secondary N) is 3. The summed E-state index contributed by atoms with van der Waals surface area (Å²) in [6, 6.07) is 3.87. The number of halogens is 2. The van der Waals surface area contributed by atoms with Crippen LogP contribution in [0.1, 0.15) is 26.2 Å². The molecule has 0 radical (unpaired) electrons. The Morgan fingerprint density at radius 1 is 1.25 bits per heavy atom. The number of hydrogen-bond donors (Lipinski definition) is 4. The van der Waals surface area contributed by atoms with E-state index in [1.54, 1.807) is 25.1 Å². The van der Waals surface area contributed by atoms with E-state index in [9.17, 15) is 18.3 Å². The predicted molar refractivity (Wildman–Crippen MR) is 109 cm³/mol. The normalized spacial score (nSPS) is 22.6. The van der Waals surface area contributed by atoms with Gasteiger partial charge < -0.3 is 20.5 Å². The third-order valence-electron chi connectivity index (χ3n) is 4.40. The number of aliphatic hydroxyl groups is 1. The predicted octanol–water partition coefficient (Wildman–Crippen LogP) is 2.35. The van der Waals surface area contributed by atoms with E-state index in [1.165, 1.54) is 0 Å². The van der Waals surface area contributed by atoms with E-state index in [4.69, 9.17) is 27.9 Å². The zero-order valence-corrected chi connectivity index (χ0v) is 17.8. The molecule has 158 valence electrons. The number of aliphatic hydroxyl groups excluding tert-OH is 1. The quantitative estimate of drug-likeness (QED) is 0.481. The zero-order chi connectivity index (χ0) is 20.7. The standard InChI is InChI=1S/C17H25Cl2N3O5S/c1-2-28(25,26)20-6-5-14-3-4-15(16(10-23)27-14)22-17(24)21-13-8-11(18)7-12(19)9-13/h7-9,14-16,20,23H,2-6,10H2,1H3,(H2,21,22,24)/t14-,15+,16-/m0/s1. The van der Waals surface area contributed by atoms with Gasteiger partial charge >= 0.3 is 6.03 Å². The van der Waals surface area contributed by atoms with Crippen LogP contribution in [0.5, 0.6) is 0 Å². The molecule has 0 aromatic heterocycles. The summed E-state index contributed by atoms with van der Waals surface area (Å²) in [6.45, 7) is 1.58. The van der Waals surface area contributed by atoms with Crippen LogP contribution in [0.4, 0.5) is 10.5 Å². The van der Waals surface area contributed by atoms with Crippen molar-refractivity contribution in [1.82, 2.24) is 10.0 Å². The summed E-state index contributed by atoms with van der Waals surface area (Å²) < 4.78 is 31.2. The van der Waals surface area contributed by atoms with Crippen LogP contribution in [0.15, 0.2) is 18.2 Å². The Morgan fingerprint density at radius 3 is 2.54 bits per heavy atom. The highest BCUT2D eigenvalue weighted by molar-refractivity contribution is 7.89. The Labute approximate surface area is 175 Å². The highest BCUT2D eigenvalue weighted by atomic mass is 35.5. The van der Waals surface area contributed by atoms with E-state index in [2.05, 4.69) is 15.4 Å². The fraction of sp³-hybridized carbons (Fsp3) is 0.588. The van der Waals surface area contributed by atoms with Crippen LogP contribution in [-0.4, -0.2) is 56.7 Å². The van der Waals surface area contributed by atoms with Crippen molar-refractivity contribution in [3.05, 3.63) is 28.2 Å². The number of amides is 2. The van der Waals surface area contributed by atoms with Crippen molar-refractivity contribution in [2.75, 3.05) is 24.2 Å². The second kappa shape index (κ2) is 10.6. The van der Waals surface area contributed by atoms with Crippen LogP contribution in [-0.2, 0) is 14.8 Å². The maximum atomic E-state index is 12.2. The van der Waals surface area contributed by atoms with Gasteiger partial charge in [0, 0.05) is 22.3 Å². The minimum absolute atomic E-state index is 0.0245. The summed E-state index contributed by atoms with van der Waals surface area (Å²) >= 11 is 11.8. The largest absolute Gasteiger partial charge is 0.394 e. The molecule has 2 amide bonds. The highest BCUT2D eigenvalue weighted by Crippen LogP contribution is 2.24. The lowest BCUT2D eigenvalue weighted by Crippen LogP contribution is -2.52. The molecule has 11 heteroatoms. The smallest absolute Gasteiger partial charge is 0.319 e. The Balaban J connectivity index is 1.83. The lowest BCUT2D eigenvalue weighted by Gasteiger charge is -2.36. The molecular weight excluding hydrogens is 429 g/mol. The third-order valence-corrected chi connectivity index (χ3v) is 6.24. The van der Waals surface area contributed by atoms with E-state index in [0.717, 1.165) is 0 Å².